The molecule has 0 spiro atoms. The fourth-order valence-electron chi connectivity index (χ4n) is 3.92. The van der Waals surface area contributed by atoms with Crippen LogP contribution in [0.5, 0.6) is 5.75 Å². The molecular weight excluding hydrogens is 428 g/mol. The molecule has 3 aromatic rings. The van der Waals surface area contributed by atoms with Gasteiger partial charge in [-0.1, -0.05) is 23.5 Å². The Bertz CT molecular complexity index is 1420. The third kappa shape index (κ3) is 3.48. The zero-order valence-corrected chi connectivity index (χ0v) is 19.6. The first-order chi connectivity index (χ1) is 15.3. The SMILES string of the molecule is COC(=O)C1=C(C)N=c2s/c(=C/c3c(C)nn(C)c3C)c(=O)n2C1c1ccc(OC)cc1. The van der Waals surface area contributed by atoms with Gasteiger partial charge in [-0.25, -0.2) is 9.79 Å². The summed E-state index contributed by atoms with van der Waals surface area (Å²) in [5.41, 5.74) is 4.13. The highest BCUT2D eigenvalue weighted by Crippen LogP contribution is 2.31. The Morgan fingerprint density at radius 2 is 1.84 bits per heavy atom. The Morgan fingerprint density at radius 1 is 1.16 bits per heavy atom. The van der Waals surface area contributed by atoms with Crippen LogP contribution in [0.2, 0.25) is 0 Å². The molecule has 0 N–H and O–H groups in total. The van der Waals surface area contributed by atoms with E-state index in [-0.39, 0.29) is 5.56 Å². The fraction of sp³-hybridized carbons (Fsp3) is 0.304. The normalized spacial score (nSPS) is 16.1. The lowest BCUT2D eigenvalue weighted by Crippen LogP contribution is -2.39. The quantitative estimate of drug-likeness (QED) is 0.563. The number of thiazole rings is 1. The van der Waals surface area contributed by atoms with Gasteiger partial charge >= 0.3 is 5.97 Å². The molecule has 1 aliphatic heterocycles. The third-order valence-corrected chi connectivity index (χ3v) is 6.68. The van der Waals surface area contributed by atoms with Crippen LogP contribution in [0.1, 0.15) is 35.5 Å². The van der Waals surface area contributed by atoms with Gasteiger partial charge in [-0.15, -0.1) is 0 Å². The Hall–Kier alpha value is -3.46. The molecule has 4 rings (SSSR count). The minimum atomic E-state index is -0.650. The molecule has 8 nitrogen and oxygen atoms in total. The number of fused-ring (bicyclic) bond motifs is 1. The van der Waals surface area contributed by atoms with E-state index in [0.717, 1.165) is 22.5 Å². The minimum Gasteiger partial charge on any atom is -0.497 e. The summed E-state index contributed by atoms with van der Waals surface area (Å²) in [6, 6.07) is 6.65. The zero-order valence-electron chi connectivity index (χ0n) is 18.8. The lowest BCUT2D eigenvalue weighted by Gasteiger charge is -2.24. The number of aromatic nitrogens is 3. The standard InChI is InChI=1S/C23H24N4O4S/c1-12-17(14(3)26(4)25-12)11-18-21(28)27-20(15-7-9-16(30-5)10-8-15)19(22(29)31-6)13(2)24-23(27)32-18/h7-11,20H,1-6H3/b18-11+. The molecule has 3 heterocycles. The fourth-order valence-corrected chi connectivity index (χ4v) is 4.95. The van der Waals surface area contributed by atoms with Crippen LogP contribution >= 0.6 is 11.3 Å². The molecule has 32 heavy (non-hydrogen) atoms. The number of rotatable bonds is 4. The largest absolute Gasteiger partial charge is 0.497 e. The second-order valence-electron chi connectivity index (χ2n) is 7.55. The topological polar surface area (TPSA) is 87.7 Å². The van der Waals surface area contributed by atoms with Crippen LogP contribution in [0.4, 0.5) is 0 Å². The number of nitrogens with zero attached hydrogens (tertiary/aromatic N) is 4. The number of benzene rings is 1. The van der Waals surface area contributed by atoms with Crippen LogP contribution < -0.4 is 19.6 Å². The molecule has 0 aliphatic carbocycles. The summed E-state index contributed by atoms with van der Waals surface area (Å²) >= 11 is 1.29. The lowest BCUT2D eigenvalue weighted by molar-refractivity contribution is -0.136. The van der Waals surface area contributed by atoms with Crippen molar-refractivity contribution < 1.29 is 14.3 Å². The van der Waals surface area contributed by atoms with E-state index in [1.807, 2.05) is 39.1 Å². The Labute approximate surface area is 188 Å². The summed E-state index contributed by atoms with van der Waals surface area (Å²) in [6.45, 7) is 5.63. The molecule has 9 heteroatoms. The van der Waals surface area contributed by atoms with Crippen molar-refractivity contribution in [2.45, 2.75) is 26.8 Å². The second-order valence-corrected chi connectivity index (χ2v) is 8.56. The van der Waals surface area contributed by atoms with Gasteiger partial charge in [0, 0.05) is 18.3 Å². The van der Waals surface area contributed by atoms with E-state index in [1.165, 1.54) is 18.4 Å². The molecule has 0 amide bonds. The van der Waals surface area contributed by atoms with Gasteiger partial charge in [-0.3, -0.25) is 14.0 Å². The van der Waals surface area contributed by atoms with Gasteiger partial charge in [0.1, 0.15) is 5.75 Å². The minimum absolute atomic E-state index is 0.217. The van der Waals surface area contributed by atoms with Crippen molar-refractivity contribution in [2.75, 3.05) is 14.2 Å². The Balaban J connectivity index is 1.99. The van der Waals surface area contributed by atoms with E-state index < -0.39 is 12.0 Å². The smallest absolute Gasteiger partial charge is 0.338 e. The first-order valence-corrected chi connectivity index (χ1v) is 10.8. The van der Waals surface area contributed by atoms with Crippen molar-refractivity contribution in [3.05, 3.63) is 77.7 Å². The van der Waals surface area contributed by atoms with E-state index in [0.29, 0.717) is 26.4 Å². The number of carbonyl (C=O) groups excluding carboxylic acids is 1. The van der Waals surface area contributed by atoms with Gasteiger partial charge in [0.05, 0.1) is 41.8 Å². The average Bonchev–Trinajstić information content (AvgIpc) is 3.22. The zero-order chi connectivity index (χ0) is 23.2. The first kappa shape index (κ1) is 21.8. The van der Waals surface area contributed by atoms with Gasteiger partial charge in [0.15, 0.2) is 4.80 Å². The number of hydrogen-bond donors (Lipinski definition) is 0. The number of ether oxygens (including phenoxy) is 2. The first-order valence-electron chi connectivity index (χ1n) is 10.0. The van der Waals surface area contributed by atoms with E-state index in [1.54, 1.807) is 35.4 Å². The van der Waals surface area contributed by atoms with Crippen molar-refractivity contribution >= 4 is 23.4 Å². The molecule has 0 saturated heterocycles. The highest BCUT2D eigenvalue weighted by molar-refractivity contribution is 7.07. The highest BCUT2D eigenvalue weighted by Gasteiger charge is 2.33. The summed E-state index contributed by atoms with van der Waals surface area (Å²) in [5.74, 6) is 0.171. The molecular formula is C23H24N4O4S. The van der Waals surface area contributed by atoms with Crippen LogP contribution in [0.25, 0.3) is 6.08 Å². The maximum absolute atomic E-state index is 13.6. The molecule has 0 saturated carbocycles. The maximum Gasteiger partial charge on any atom is 0.338 e. The number of aryl methyl sites for hydroxylation is 2. The summed E-state index contributed by atoms with van der Waals surface area (Å²) in [6.07, 6.45) is 1.85. The lowest BCUT2D eigenvalue weighted by atomic mass is 9.96. The number of carbonyl (C=O) groups is 1. The van der Waals surface area contributed by atoms with E-state index in [9.17, 15) is 9.59 Å². The van der Waals surface area contributed by atoms with Crippen molar-refractivity contribution in [2.24, 2.45) is 12.0 Å². The number of esters is 1. The molecule has 1 atom stereocenters. The van der Waals surface area contributed by atoms with Crippen molar-refractivity contribution in [3.63, 3.8) is 0 Å². The van der Waals surface area contributed by atoms with Crippen LogP contribution in [0, 0.1) is 13.8 Å². The predicted octanol–water partition coefficient (Wildman–Crippen LogP) is 1.77. The third-order valence-electron chi connectivity index (χ3n) is 5.70. The number of allylic oxidation sites excluding steroid dienone is 1. The predicted molar refractivity (Wildman–Crippen MR) is 121 cm³/mol. The van der Waals surface area contributed by atoms with E-state index >= 15 is 0 Å². The highest BCUT2D eigenvalue weighted by atomic mass is 32.1. The van der Waals surface area contributed by atoms with Crippen LogP contribution in [0.3, 0.4) is 0 Å². The van der Waals surface area contributed by atoms with Crippen molar-refractivity contribution in [1.82, 2.24) is 14.3 Å². The van der Waals surface area contributed by atoms with Crippen molar-refractivity contribution in [3.8, 4) is 5.75 Å². The molecule has 2 aromatic heterocycles. The van der Waals surface area contributed by atoms with Gasteiger partial charge in [-0.2, -0.15) is 5.10 Å². The number of hydrogen-bond acceptors (Lipinski definition) is 7. The molecule has 0 radical (unpaired) electrons. The van der Waals surface area contributed by atoms with Crippen molar-refractivity contribution in [1.29, 1.82) is 0 Å². The van der Waals surface area contributed by atoms with Gasteiger partial charge in [-0.05, 0) is 44.5 Å². The van der Waals surface area contributed by atoms with E-state index in [4.69, 9.17) is 9.47 Å². The van der Waals surface area contributed by atoms with Crippen LogP contribution in [-0.4, -0.2) is 34.5 Å². The summed E-state index contributed by atoms with van der Waals surface area (Å²) in [5, 5.41) is 4.43. The molecule has 1 unspecified atom stereocenters. The van der Waals surface area contributed by atoms with E-state index in [2.05, 4.69) is 10.1 Å². The van der Waals surface area contributed by atoms with Gasteiger partial charge in [0.25, 0.3) is 5.56 Å². The summed E-state index contributed by atoms with van der Waals surface area (Å²) < 4.78 is 14.2. The maximum atomic E-state index is 13.6. The molecule has 0 fully saturated rings. The molecule has 166 valence electrons. The monoisotopic (exact) mass is 452 g/mol. The molecule has 1 aliphatic rings. The van der Waals surface area contributed by atoms with Crippen LogP contribution in [0.15, 0.2) is 45.3 Å². The van der Waals surface area contributed by atoms with Crippen LogP contribution in [-0.2, 0) is 16.6 Å². The average molecular weight is 453 g/mol. The Kier molecular flexibility index (Phi) is 5.60. The summed E-state index contributed by atoms with van der Waals surface area (Å²) in [4.78, 5) is 31.4. The van der Waals surface area contributed by atoms with Gasteiger partial charge in [0.2, 0.25) is 0 Å². The second kappa shape index (κ2) is 8.23. The molecule has 1 aromatic carbocycles. The summed E-state index contributed by atoms with van der Waals surface area (Å²) in [7, 11) is 4.79. The molecule has 0 bridgehead atoms. The Morgan fingerprint density at radius 3 is 2.41 bits per heavy atom. The van der Waals surface area contributed by atoms with Gasteiger partial charge < -0.3 is 9.47 Å². The number of methoxy groups -OCH3 is 2.